The molecule has 0 radical (unpaired) electrons. The number of aryl methyl sites for hydroxylation is 1. The van der Waals surface area contributed by atoms with Crippen molar-refractivity contribution in [1.29, 1.82) is 0 Å². The molecule has 0 N–H and O–H groups in total. The zero-order valence-electron chi connectivity index (χ0n) is 15.3. The minimum absolute atomic E-state index is 0.0242. The smallest absolute Gasteiger partial charge is 0.262 e. The van der Waals surface area contributed by atoms with Crippen LogP contribution in [0.15, 0.2) is 42.1 Å². The van der Waals surface area contributed by atoms with Crippen molar-refractivity contribution in [2.24, 2.45) is 7.05 Å². The normalized spacial score (nSPS) is 19.4. The fourth-order valence-corrected chi connectivity index (χ4v) is 5.80. The molecule has 1 atom stereocenters. The van der Waals surface area contributed by atoms with E-state index in [4.69, 9.17) is 0 Å². The molecule has 0 aliphatic carbocycles. The number of sulfonamides is 2. The third-order valence-electron chi connectivity index (χ3n) is 4.54. The molecule has 1 fully saturated rings. The molecular formula is C16H23N5O4S2. The van der Waals surface area contributed by atoms with Gasteiger partial charge in [0.25, 0.3) is 10.0 Å². The Morgan fingerprint density at radius 3 is 2.67 bits per heavy atom. The monoisotopic (exact) mass is 413 g/mol. The van der Waals surface area contributed by atoms with Gasteiger partial charge in [-0.15, -0.1) is 0 Å². The molecule has 0 amide bonds. The first-order chi connectivity index (χ1) is 12.7. The van der Waals surface area contributed by atoms with Crippen LogP contribution in [0.25, 0.3) is 0 Å². The van der Waals surface area contributed by atoms with Crippen molar-refractivity contribution in [3.8, 4) is 0 Å². The summed E-state index contributed by atoms with van der Waals surface area (Å²) in [5, 5.41) is -0.0242. The number of piperidine rings is 1. The number of imidazole rings is 1. The van der Waals surface area contributed by atoms with E-state index in [9.17, 15) is 16.8 Å². The SMILES string of the molecule is Cn1cnc(S(=O)(=O)N2CCCC(N(Cc3cccnc3)S(C)(=O)=O)C2)c1. The van der Waals surface area contributed by atoms with Crippen LogP contribution in [0.1, 0.15) is 18.4 Å². The highest BCUT2D eigenvalue weighted by Crippen LogP contribution is 2.25. The Hall–Kier alpha value is -1.82. The number of nitrogens with zero attached hydrogens (tertiary/aromatic N) is 5. The van der Waals surface area contributed by atoms with Gasteiger partial charge >= 0.3 is 0 Å². The molecule has 0 bridgehead atoms. The number of hydrogen-bond acceptors (Lipinski definition) is 6. The van der Waals surface area contributed by atoms with E-state index < -0.39 is 26.1 Å². The van der Waals surface area contributed by atoms with Gasteiger partial charge < -0.3 is 4.57 Å². The second-order valence-corrected chi connectivity index (χ2v) is 10.5. The van der Waals surface area contributed by atoms with Gasteiger partial charge in [0, 0.05) is 51.3 Å². The third-order valence-corrected chi connectivity index (χ3v) is 7.57. The minimum Gasteiger partial charge on any atom is -0.339 e. The maximum atomic E-state index is 12.8. The van der Waals surface area contributed by atoms with Crippen molar-refractivity contribution in [2.45, 2.75) is 30.5 Å². The van der Waals surface area contributed by atoms with Crippen LogP contribution < -0.4 is 0 Å². The third kappa shape index (κ3) is 4.54. The summed E-state index contributed by atoms with van der Waals surface area (Å²) in [6.45, 7) is 0.612. The zero-order valence-corrected chi connectivity index (χ0v) is 16.9. The van der Waals surface area contributed by atoms with E-state index in [2.05, 4.69) is 9.97 Å². The molecule has 3 heterocycles. The first-order valence-electron chi connectivity index (χ1n) is 8.52. The average Bonchev–Trinajstić information content (AvgIpc) is 3.07. The van der Waals surface area contributed by atoms with Crippen molar-refractivity contribution in [3.05, 3.63) is 42.6 Å². The van der Waals surface area contributed by atoms with Gasteiger partial charge in [-0.05, 0) is 24.5 Å². The molecule has 11 heteroatoms. The molecule has 0 saturated carbocycles. The molecule has 3 rings (SSSR count). The van der Waals surface area contributed by atoms with Gasteiger partial charge in [0.2, 0.25) is 10.0 Å². The summed E-state index contributed by atoms with van der Waals surface area (Å²) in [5.41, 5.74) is 0.757. The van der Waals surface area contributed by atoms with Crippen LogP contribution in [0.3, 0.4) is 0 Å². The average molecular weight is 414 g/mol. The summed E-state index contributed by atoms with van der Waals surface area (Å²) in [6.07, 6.45) is 8.44. The summed E-state index contributed by atoms with van der Waals surface area (Å²) in [6, 6.07) is 3.11. The van der Waals surface area contributed by atoms with Crippen molar-refractivity contribution in [2.75, 3.05) is 19.3 Å². The maximum Gasteiger partial charge on any atom is 0.262 e. The van der Waals surface area contributed by atoms with Gasteiger partial charge in [-0.3, -0.25) is 4.98 Å². The summed E-state index contributed by atoms with van der Waals surface area (Å²) >= 11 is 0. The van der Waals surface area contributed by atoms with E-state index >= 15 is 0 Å². The Morgan fingerprint density at radius 2 is 2.07 bits per heavy atom. The summed E-state index contributed by atoms with van der Waals surface area (Å²) in [7, 11) is -5.59. The largest absolute Gasteiger partial charge is 0.339 e. The van der Waals surface area contributed by atoms with Crippen LogP contribution in [0.5, 0.6) is 0 Å². The van der Waals surface area contributed by atoms with Crippen molar-refractivity contribution < 1.29 is 16.8 Å². The molecule has 1 saturated heterocycles. The Labute approximate surface area is 159 Å². The first kappa shape index (κ1) is 19.9. The lowest BCUT2D eigenvalue weighted by atomic mass is 10.1. The number of aromatic nitrogens is 3. The van der Waals surface area contributed by atoms with E-state index in [1.54, 1.807) is 36.1 Å². The number of hydrogen-bond donors (Lipinski definition) is 0. The van der Waals surface area contributed by atoms with Crippen molar-refractivity contribution in [1.82, 2.24) is 23.1 Å². The predicted octanol–water partition coefficient (Wildman–Crippen LogP) is 0.430. The van der Waals surface area contributed by atoms with Gasteiger partial charge in [0.15, 0.2) is 5.03 Å². The molecule has 2 aromatic rings. The lowest BCUT2D eigenvalue weighted by Gasteiger charge is -2.37. The first-order valence-corrected chi connectivity index (χ1v) is 11.8. The maximum absolute atomic E-state index is 12.8. The molecule has 9 nitrogen and oxygen atoms in total. The number of rotatable bonds is 6. The highest BCUT2D eigenvalue weighted by atomic mass is 32.2. The Morgan fingerprint density at radius 1 is 1.30 bits per heavy atom. The number of pyridine rings is 1. The van der Waals surface area contributed by atoms with E-state index in [0.717, 1.165) is 11.8 Å². The topological polar surface area (TPSA) is 105 Å². The highest BCUT2D eigenvalue weighted by Gasteiger charge is 2.36. The molecule has 27 heavy (non-hydrogen) atoms. The van der Waals surface area contributed by atoms with Crippen LogP contribution in [0, 0.1) is 0 Å². The second kappa shape index (κ2) is 7.66. The minimum atomic E-state index is -3.76. The van der Waals surface area contributed by atoms with E-state index in [1.807, 2.05) is 0 Å². The summed E-state index contributed by atoms with van der Waals surface area (Å²) in [4.78, 5) is 7.97. The van der Waals surface area contributed by atoms with Crippen LogP contribution in [-0.2, 0) is 33.6 Å². The molecule has 1 aliphatic rings. The fourth-order valence-electron chi connectivity index (χ4n) is 3.22. The predicted molar refractivity (Wildman–Crippen MR) is 99.6 cm³/mol. The van der Waals surface area contributed by atoms with Gasteiger partial charge in [0.1, 0.15) is 0 Å². The van der Waals surface area contributed by atoms with Crippen LogP contribution in [0.4, 0.5) is 0 Å². The standard InChI is InChI=1S/C16H23N5O4S2/c1-19-12-16(18-13-19)27(24,25)20-8-4-6-15(11-20)21(26(2,22)23)10-14-5-3-7-17-9-14/h3,5,7,9,12-13,15H,4,6,8,10-11H2,1-2H3. The Bertz CT molecular complexity index is 989. The van der Waals surface area contributed by atoms with Gasteiger partial charge in [-0.25, -0.2) is 21.8 Å². The molecule has 2 aromatic heterocycles. The lowest BCUT2D eigenvalue weighted by Crippen LogP contribution is -2.51. The van der Waals surface area contributed by atoms with E-state index in [1.165, 1.54) is 21.1 Å². The molecule has 148 valence electrons. The molecular weight excluding hydrogens is 390 g/mol. The van der Waals surface area contributed by atoms with Gasteiger partial charge in [0.05, 0.1) is 12.6 Å². The van der Waals surface area contributed by atoms with E-state index in [-0.39, 0.29) is 18.1 Å². The van der Waals surface area contributed by atoms with E-state index in [0.29, 0.717) is 19.4 Å². The highest BCUT2D eigenvalue weighted by molar-refractivity contribution is 7.89. The van der Waals surface area contributed by atoms with Crippen molar-refractivity contribution >= 4 is 20.0 Å². The van der Waals surface area contributed by atoms with Crippen LogP contribution in [0.2, 0.25) is 0 Å². The fraction of sp³-hybridized carbons (Fsp3) is 0.500. The van der Waals surface area contributed by atoms with Crippen LogP contribution in [-0.4, -0.2) is 65.4 Å². The van der Waals surface area contributed by atoms with Gasteiger partial charge in [-0.1, -0.05) is 6.07 Å². The summed E-state index contributed by atoms with van der Waals surface area (Å²) < 4.78 is 54.7. The molecule has 1 aliphatic heterocycles. The lowest BCUT2D eigenvalue weighted by molar-refractivity contribution is 0.206. The molecule has 0 aromatic carbocycles. The van der Waals surface area contributed by atoms with Crippen molar-refractivity contribution in [3.63, 3.8) is 0 Å². The molecule has 0 spiro atoms. The Balaban J connectivity index is 1.84. The van der Waals surface area contributed by atoms with Crippen LogP contribution >= 0.6 is 0 Å². The zero-order chi connectivity index (χ0) is 19.7. The second-order valence-electron chi connectivity index (χ2n) is 6.71. The quantitative estimate of drug-likeness (QED) is 0.680. The summed E-state index contributed by atoms with van der Waals surface area (Å²) in [5.74, 6) is 0. The molecule has 1 unspecified atom stereocenters. The van der Waals surface area contributed by atoms with Gasteiger partial charge in [-0.2, -0.15) is 8.61 Å². The Kier molecular flexibility index (Phi) is 5.65.